The van der Waals surface area contributed by atoms with Crippen molar-refractivity contribution in [2.45, 2.75) is 11.5 Å². The summed E-state index contributed by atoms with van der Waals surface area (Å²) in [6, 6.07) is 7.41. The second kappa shape index (κ2) is 5.22. The molecule has 1 aromatic carbocycles. The van der Waals surface area contributed by atoms with E-state index in [0.29, 0.717) is 0 Å². The molecule has 0 radical (unpaired) electrons. The molecule has 10 heavy (non-hydrogen) atoms. The van der Waals surface area contributed by atoms with Crippen LogP contribution in [-0.4, -0.2) is 5.11 Å². The molecule has 50 valence electrons. The number of hydrogen-bond acceptors (Lipinski definition) is 2. The van der Waals surface area contributed by atoms with Crippen molar-refractivity contribution >= 4 is 12.6 Å². The van der Waals surface area contributed by atoms with Gasteiger partial charge in [-0.1, -0.05) is 12.1 Å². The van der Waals surface area contributed by atoms with Crippen LogP contribution < -0.4 is 29.6 Å². The number of aliphatic hydroxyl groups excluding tert-OH is 1. The third-order valence-electron chi connectivity index (χ3n) is 1.12. The fraction of sp³-hybridized carbons (Fsp3) is 0.143. The van der Waals surface area contributed by atoms with Crippen molar-refractivity contribution in [3.05, 3.63) is 29.8 Å². The quantitative estimate of drug-likeness (QED) is 0.386. The average molecular weight is 164 g/mol. The molecular weight excluding hydrogens is 155 g/mol. The normalized spacial score (nSPS) is 8.60. The van der Waals surface area contributed by atoms with E-state index in [4.69, 9.17) is 5.11 Å². The Labute approximate surface area is 89.6 Å². The Hall–Kier alpha value is 0.530. The van der Waals surface area contributed by atoms with Gasteiger partial charge in [0, 0.05) is 4.90 Å². The molecule has 1 nitrogen and oxygen atoms in total. The van der Waals surface area contributed by atoms with Crippen LogP contribution in [0.4, 0.5) is 0 Å². The summed E-state index contributed by atoms with van der Waals surface area (Å²) in [5, 5.41) is 8.60. The van der Waals surface area contributed by atoms with Crippen molar-refractivity contribution in [2.75, 3.05) is 0 Å². The van der Waals surface area contributed by atoms with Crippen LogP contribution in [0.5, 0.6) is 0 Å². The molecule has 0 heterocycles. The minimum absolute atomic E-state index is 0. The monoisotopic (exact) mass is 164 g/mol. The summed E-state index contributed by atoms with van der Waals surface area (Å²) in [5.74, 6) is 0. The van der Waals surface area contributed by atoms with Gasteiger partial charge in [-0.3, -0.25) is 0 Å². The van der Waals surface area contributed by atoms with Crippen LogP contribution in [0.2, 0.25) is 0 Å². The van der Waals surface area contributed by atoms with Gasteiger partial charge in [0.2, 0.25) is 0 Å². The molecule has 0 amide bonds. The summed E-state index contributed by atoms with van der Waals surface area (Å²) in [5.41, 5.74) is 0.924. The molecule has 0 unspecified atom stereocenters. The summed E-state index contributed by atoms with van der Waals surface area (Å²) < 4.78 is 0. The largest absolute Gasteiger partial charge is 1.00 e. The van der Waals surface area contributed by atoms with Crippen molar-refractivity contribution < 1.29 is 36.1 Å². The van der Waals surface area contributed by atoms with Gasteiger partial charge in [-0.2, -0.15) is 0 Å². The molecule has 0 spiro atoms. The Balaban J connectivity index is 0. The molecule has 0 saturated heterocycles. The van der Waals surface area contributed by atoms with Gasteiger partial charge in [-0.25, -0.2) is 0 Å². The third-order valence-corrected chi connectivity index (χ3v) is 1.42. The van der Waals surface area contributed by atoms with Crippen LogP contribution in [0.25, 0.3) is 0 Å². The molecule has 1 N–H and O–H groups in total. The first kappa shape index (κ1) is 10.5. The predicted octanol–water partition coefficient (Wildman–Crippen LogP) is -1.42. The number of aliphatic hydroxyl groups is 1. The molecule has 0 atom stereocenters. The smallest absolute Gasteiger partial charge is 1.00 e. The standard InChI is InChI=1S/C7H8OS.Na.H/c8-5-6-1-3-7(9)4-2-6;;/h1-4,8-9H,5H2;;/q;+1;-1. The molecule has 0 aliphatic heterocycles. The summed E-state index contributed by atoms with van der Waals surface area (Å²) in [4.78, 5) is 0.923. The van der Waals surface area contributed by atoms with Gasteiger partial charge in [0.15, 0.2) is 0 Å². The molecule has 3 heteroatoms. The number of benzene rings is 1. The molecule has 0 aromatic heterocycles. The van der Waals surface area contributed by atoms with E-state index in [0.717, 1.165) is 10.5 Å². The van der Waals surface area contributed by atoms with E-state index in [-0.39, 0.29) is 37.6 Å². The van der Waals surface area contributed by atoms with Crippen LogP contribution in [0.15, 0.2) is 29.2 Å². The van der Waals surface area contributed by atoms with E-state index < -0.39 is 0 Å². The van der Waals surface area contributed by atoms with Gasteiger partial charge in [-0.05, 0) is 17.7 Å². The van der Waals surface area contributed by atoms with E-state index >= 15 is 0 Å². The van der Waals surface area contributed by atoms with Crippen molar-refractivity contribution in [3.63, 3.8) is 0 Å². The first-order chi connectivity index (χ1) is 4.33. The molecule has 0 saturated carbocycles. The molecular formula is C7H9NaOS. The molecule has 0 fully saturated rings. The average Bonchev–Trinajstić information content (AvgIpc) is 1.90. The molecule has 0 bridgehead atoms. The van der Waals surface area contributed by atoms with Crippen LogP contribution >= 0.6 is 12.6 Å². The van der Waals surface area contributed by atoms with Gasteiger partial charge < -0.3 is 6.53 Å². The predicted molar refractivity (Wildman–Crippen MR) is 40.7 cm³/mol. The summed E-state index contributed by atoms with van der Waals surface area (Å²) >= 11 is 4.09. The molecule has 1 rings (SSSR count). The zero-order valence-corrected chi connectivity index (χ0v) is 8.81. The maximum Gasteiger partial charge on any atom is 1.00 e. The second-order valence-electron chi connectivity index (χ2n) is 1.82. The number of hydrogen-bond donors (Lipinski definition) is 2. The number of thiol groups is 1. The van der Waals surface area contributed by atoms with Crippen molar-refractivity contribution in [1.29, 1.82) is 0 Å². The maximum absolute atomic E-state index is 8.60. The molecule has 0 aliphatic carbocycles. The Kier molecular flexibility index (Phi) is 5.49. The van der Waals surface area contributed by atoms with Gasteiger partial charge >= 0.3 is 29.6 Å². The van der Waals surface area contributed by atoms with E-state index in [9.17, 15) is 0 Å². The zero-order valence-electron chi connectivity index (χ0n) is 6.91. The minimum atomic E-state index is 0. The van der Waals surface area contributed by atoms with Gasteiger partial charge in [-0.15, -0.1) is 12.6 Å². The zero-order chi connectivity index (χ0) is 6.69. The van der Waals surface area contributed by atoms with E-state index in [2.05, 4.69) is 12.6 Å². The first-order valence-corrected chi connectivity index (χ1v) is 3.16. The van der Waals surface area contributed by atoms with Crippen molar-refractivity contribution in [3.8, 4) is 0 Å². The van der Waals surface area contributed by atoms with Crippen LogP contribution in [0.3, 0.4) is 0 Å². The molecule has 1 aromatic rings. The maximum atomic E-state index is 8.60. The fourth-order valence-corrected chi connectivity index (χ4v) is 0.750. The van der Waals surface area contributed by atoms with Crippen molar-refractivity contribution in [2.24, 2.45) is 0 Å². The molecule has 0 aliphatic rings. The number of rotatable bonds is 1. The van der Waals surface area contributed by atoms with E-state index in [1.165, 1.54) is 0 Å². The summed E-state index contributed by atoms with van der Waals surface area (Å²) in [6.45, 7) is 0.105. The second-order valence-corrected chi connectivity index (χ2v) is 2.34. The Morgan fingerprint density at radius 2 is 1.80 bits per heavy atom. The fourth-order valence-electron chi connectivity index (χ4n) is 0.601. The van der Waals surface area contributed by atoms with Crippen LogP contribution in [0, 0.1) is 0 Å². The van der Waals surface area contributed by atoms with Crippen LogP contribution in [0.1, 0.15) is 6.99 Å². The first-order valence-electron chi connectivity index (χ1n) is 2.71. The summed E-state index contributed by atoms with van der Waals surface area (Å²) in [7, 11) is 0. The third kappa shape index (κ3) is 3.08. The Bertz CT molecular complexity index is 190. The van der Waals surface area contributed by atoms with Crippen LogP contribution in [-0.2, 0) is 6.61 Å². The Morgan fingerprint density at radius 1 is 1.30 bits per heavy atom. The van der Waals surface area contributed by atoms with Crippen molar-refractivity contribution in [1.82, 2.24) is 0 Å². The Morgan fingerprint density at radius 3 is 2.20 bits per heavy atom. The van der Waals surface area contributed by atoms with Gasteiger partial charge in [0.25, 0.3) is 0 Å². The topological polar surface area (TPSA) is 20.2 Å². The minimum Gasteiger partial charge on any atom is -1.00 e. The van der Waals surface area contributed by atoms with Gasteiger partial charge in [0.1, 0.15) is 0 Å². The SMILES string of the molecule is OCc1ccc(S)cc1.[H-].[Na+]. The van der Waals surface area contributed by atoms with E-state index in [1.54, 1.807) is 0 Å². The summed E-state index contributed by atoms with van der Waals surface area (Å²) in [6.07, 6.45) is 0. The van der Waals surface area contributed by atoms with E-state index in [1.807, 2.05) is 24.3 Å². The van der Waals surface area contributed by atoms with Gasteiger partial charge in [0.05, 0.1) is 6.61 Å².